The van der Waals surface area contributed by atoms with Crippen molar-refractivity contribution in [1.29, 1.82) is 0 Å². The van der Waals surface area contributed by atoms with Crippen molar-refractivity contribution in [2.45, 2.75) is 10.9 Å². The third-order valence-corrected chi connectivity index (χ3v) is 4.97. The molecule has 1 aromatic carbocycles. The predicted molar refractivity (Wildman–Crippen MR) is 67.4 cm³/mol. The zero-order chi connectivity index (χ0) is 12.6. The molecule has 1 heterocycles. The number of halogens is 1. The number of rotatable bonds is 3. The van der Waals surface area contributed by atoms with E-state index in [4.69, 9.17) is 10.5 Å². The summed E-state index contributed by atoms with van der Waals surface area (Å²) < 4.78 is 31.6. The molecule has 0 saturated carbocycles. The molecule has 17 heavy (non-hydrogen) atoms. The number of hydrogen-bond donors (Lipinski definition) is 1. The van der Waals surface area contributed by atoms with Crippen LogP contribution in [0.2, 0.25) is 0 Å². The minimum Gasteiger partial charge on any atom is -0.495 e. The molecule has 1 aliphatic heterocycles. The molecule has 0 spiro atoms. The summed E-state index contributed by atoms with van der Waals surface area (Å²) in [4.78, 5) is 0.168. The third kappa shape index (κ3) is 2.33. The van der Waals surface area contributed by atoms with Gasteiger partial charge in [-0.25, -0.2) is 8.42 Å². The highest BCUT2D eigenvalue weighted by molar-refractivity contribution is 9.10. The molecule has 1 saturated heterocycles. The molecule has 1 fully saturated rings. The lowest BCUT2D eigenvalue weighted by atomic mass is 10.2. The Morgan fingerprint density at radius 1 is 1.47 bits per heavy atom. The number of sulfonamides is 1. The van der Waals surface area contributed by atoms with Crippen LogP contribution in [0.1, 0.15) is 0 Å². The summed E-state index contributed by atoms with van der Waals surface area (Å²) in [6.07, 6.45) is 0. The van der Waals surface area contributed by atoms with E-state index in [0.717, 1.165) is 0 Å². The van der Waals surface area contributed by atoms with Crippen LogP contribution in [0.25, 0.3) is 0 Å². The quantitative estimate of drug-likeness (QED) is 0.893. The van der Waals surface area contributed by atoms with Crippen molar-refractivity contribution in [3.63, 3.8) is 0 Å². The zero-order valence-electron chi connectivity index (χ0n) is 9.26. The van der Waals surface area contributed by atoms with E-state index in [1.54, 1.807) is 12.1 Å². The first kappa shape index (κ1) is 12.8. The summed E-state index contributed by atoms with van der Waals surface area (Å²) in [6.45, 7) is 0.718. The molecule has 2 N–H and O–H groups in total. The number of hydrogen-bond acceptors (Lipinski definition) is 4. The largest absolute Gasteiger partial charge is 0.495 e. The maximum atomic E-state index is 12.3. The molecule has 0 bridgehead atoms. The molecule has 0 atom stereocenters. The van der Waals surface area contributed by atoms with Gasteiger partial charge in [0.1, 0.15) is 10.6 Å². The Balaban J connectivity index is 2.42. The lowest BCUT2D eigenvalue weighted by molar-refractivity contribution is 0.264. The van der Waals surface area contributed by atoms with Crippen LogP contribution in [0.5, 0.6) is 5.75 Å². The summed E-state index contributed by atoms with van der Waals surface area (Å²) in [5.41, 5.74) is 5.60. The van der Waals surface area contributed by atoms with Crippen LogP contribution >= 0.6 is 15.9 Å². The second kappa shape index (κ2) is 4.56. The third-order valence-electron chi connectivity index (χ3n) is 2.62. The van der Waals surface area contributed by atoms with Gasteiger partial charge < -0.3 is 10.5 Å². The average Bonchev–Trinajstić information content (AvgIpc) is 2.24. The van der Waals surface area contributed by atoms with Crippen LogP contribution in [0.4, 0.5) is 0 Å². The SMILES string of the molecule is COc1ccc(Br)cc1S(=O)(=O)N1CC(N)C1. The van der Waals surface area contributed by atoms with Crippen LogP contribution in [0.15, 0.2) is 27.6 Å². The molecule has 94 valence electrons. The fourth-order valence-corrected chi connectivity index (χ4v) is 3.90. The van der Waals surface area contributed by atoms with Gasteiger partial charge in [-0.2, -0.15) is 4.31 Å². The van der Waals surface area contributed by atoms with E-state index in [0.29, 0.717) is 23.3 Å². The Bertz CT molecular complexity index is 526. The topological polar surface area (TPSA) is 72.6 Å². The molecular formula is C10H13BrN2O3S. The van der Waals surface area contributed by atoms with Gasteiger partial charge in [0.15, 0.2) is 0 Å². The van der Waals surface area contributed by atoms with Gasteiger partial charge in [0.2, 0.25) is 10.0 Å². The Kier molecular flexibility index (Phi) is 3.44. The van der Waals surface area contributed by atoms with Gasteiger partial charge in [-0.05, 0) is 18.2 Å². The van der Waals surface area contributed by atoms with Gasteiger partial charge >= 0.3 is 0 Å². The van der Waals surface area contributed by atoms with Crippen molar-refractivity contribution in [1.82, 2.24) is 4.31 Å². The summed E-state index contributed by atoms with van der Waals surface area (Å²) in [5, 5.41) is 0. The van der Waals surface area contributed by atoms with Gasteiger partial charge in [0, 0.05) is 23.6 Å². The van der Waals surface area contributed by atoms with Gasteiger partial charge in [0.25, 0.3) is 0 Å². The zero-order valence-corrected chi connectivity index (χ0v) is 11.7. The van der Waals surface area contributed by atoms with Crippen LogP contribution in [0, 0.1) is 0 Å². The fraction of sp³-hybridized carbons (Fsp3) is 0.400. The lowest BCUT2D eigenvalue weighted by Gasteiger charge is -2.35. The Hall–Kier alpha value is -0.630. The van der Waals surface area contributed by atoms with Gasteiger partial charge in [0.05, 0.1) is 7.11 Å². The first-order chi connectivity index (χ1) is 7.95. The number of nitrogens with two attached hydrogens (primary N) is 1. The highest BCUT2D eigenvalue weighted by Gasteiger charge is 2.36. The second-order valence-corrected chi connectivity index (χ2v) is 6.70. The average molecular weight is 321 g/mol. The van der Waals surface area contributed by atoms with E-state index in [1.165, 1.54) is 17.5 Å². The second-order valence-electron chi connectivity index (χ2n) is 3.88. The van der Waals surface area contributed by atoms with Crippen molar-refractivity contribution in [3.8, 4) is 5.75 Å². The number of ether oxygens (including phenoxy) is 1. The maximum Gasteiger partial charge on any atom is 0.246 e. The summed E-state index contributed by atoms with van der Waals surface area (Å²) in [5.74, 6) is 0.341. The van der Waals surface area contributed by atoms with Gasteiger partial charge in [-0.3, -0.25) is 0 Å². The van der Waals surface area contributed by atoms with E-state index in [1.807, 2.05) is 0 Å². The standard InChI is InChI=1S/C10H13BrN2O3S/c1-16-9-3-2-7(11)4-10(9)17(14,15)13-5-8(12)6-13/h2-4,8H,5-6,12H2,1H3. The van der Waals surface area contributed by atoms with Gasteiger partial charge in [-0.15, -0.1) is 0 Å². The van der Waals surface area contributed by atoms with Crippen molar-refractivity contribution in [2.75, 3.05) is 20.2 Å². The van der Waals surface area contributed by atoms with Crippen LogP contribution in [-0.2, 0) is 10.0 Å². The first-order valence-corrected chi connectivity index (χ1v) is 7.27. The molecular weight excluding hydrogens is 308 g/mol. The highest BCUT2D eigenvalue weighted by Crippen LogP contribution is 2.31. The molecule has 0 unspecified atom stereocenters. The van der Waals surface area contributed by atoms with Crippen LogP contribution < -0.4 is 10.5 Å². The predicted octanol–water partition coefficient (Wildman–Crippen LogP) is 0.789. The molecule has 2 rings (SSSR count). The van der Waals surface area contributed by atoms with Crippen LogP contribution in [0.3, 0.4) is 0 Å². The van der Waals surface area contributed by atoms with Crippen molar-refractivity contribution >= 4 is 26.0 Å². The number of benzene rings is 1. The minimum atomic E-state index is -3.50. The van der Waals surface area contributed by atoms with E-state index >= 15 is 0 Å². The van der Waals surface area contributed by atoms with E-state index in [2.05, 4.69) is 15.9 Å². The Labute approximate surface area is 109 Å². The minimum absolute atomic E-state index is 0.0667. The first-order valence-electron chi connectivity index (χ1n) is 5.04. The summed E-state index contributed by atoms with van der Waals surface area (Å²) in [7, 11) is -2.05. The molecule has 5 nitrogen and oxygen atoms in total. The Morgan fingerprint density at radius 2 is 2.12 bits per heavy atom. The van der Waals surface area contributed by atoms with Crippen molar-refractivity contribution < 1.29 is 13.2 Å². The molecule has 1 aromatic rings. The summed E-state index contributed by atoms with van der Waals surface area (Å²) in [6, 6.07) is 4.83. The normalized spacial score (nSPS) is 17.8. The monoisotopic (exact) mass is 320 g/mol. The molecule has 1 aliphatic rings. The van der Waals surface area contributed by atoms with E-state index < -0.39 is 10.0 Å². The smallest absolute Gasteiger partial charge is 0.246 e. The van der Waals surface area contributed by atoms with E-state index in [9.17, 15) is 8.42 Å². The van der Waals surface area contributed by atoms with E-state index in [-0.39, 0.29) is 10.9 Å². The molecule has 0 aromatic heterocycles. The maximum absolute atomic E-state index is 12.3. The number of methoxy groups -OCH3 is 1. The molecule has 0 radical (unpaired) electrons. The lowest BCUT2D eigenvalue weighted by Crippen LogP contribution is -2.57. The van der Waals surface area contributed by atoms with Crippen molar-refractivity contribution in [3.05, 3.63) is 22.7 Å². The van der Waals surface area contributed by atoms with Gasteiger partial charge in [-0.1, -0.05) is 15.9 Å². The molecule has 7 heteroatoms. The highest BCUT2D eigenvalue weighted by atomic mass is 79.9. The van der Waals surface area contributed by atoms with Crippen LogP contribution in [-0.4, -0.2) is 39.0 Å². The molecule has 0 aliphatic carbocycles. The fourth-order valence-electron chi connectivity index (χ4n) is 1.66. The summed E-state index contributed by atoms with van der Waals surface area (Å²) >= 11 is 3.26. The van der Waals surface area contributed by atoms with Crippen molar-refractivity contribution in [2.24, 2.45) is 5.73 Å². The Morgan fingerprint density at radius 3 is 2.65 bits per heavy atom. The number of nitrogens with zero attached hydrogens (tertiary/aromatic N) is 1. The molecule has 0 amide bonds.